The van der Waals surface area contributed by atoms with Crippen LogP contribution in [0.25, 0.3) is 0 Å². The van der Waals surface area contributed by atoms with Crippen molar-refractivity contribution in [2.24, 2.45) is 0 Å². The van der Waals surface area contributed by atoms with Gasteiger partial charge in [0.25, 0.3) is 0 Å². The molecule has 0 bridgehead atoms. The van der Waals surface area contributed by atoms with Crippen molar-refractivity contribution >= 4 is 29.0 Å². The molecule has 1 heterocycles. The Morgan fingerprint density at radius 1 is 1.42 bits per heavy atom. The lowest BCUT2D eigenvalue weighted by Gasteiger charge is -2.09. The Labute approximate surface area is 115 Å². The van der Waals surface area contributed by atoms with Crippen LogP contribution in [0.5, 0.6) is 0 Å². The molecule has 0 fully saturated rings. The molecule has 1 aromatic heterocycles. The average Bonchev–Trinajstić information content (AvgIpc) is 2.43. The summed E-state index contributed by atoms with van der Waals surface area (Å²) in [4.78, 5) is 19.7. The zero-order valence-electron chi connectivity index (χ0n) is 10.5. The summed E-state index contributed by atoms with van der Waals surface area (Å²) in [5.74, 6) is 0.211. The third kappa shape index (κ3) is 3.69. The maximum absolute atomic E-state index is 11.8. The summed E-state index contributed by atoms with van der Waals surface area (Å²) >= 11 is 1.36. The minimum atomic E-state index is -0.0858. The Kier molecular flexibility index (Phi) is 4.35. The van der Waals surface area contributed by atoms with Crippen LogP contribution in [0.4, 0.5) is 11.4 Å². The minimum absolute atomic E-state index is 0.0858. The van der Waals surface area contributed by atoms with Crippen molar-refractivity contribution in [1.82, 2.24) is 9.97 Å². The van der Waals surface area contributed by atoms with Gasteiger partial charge in [-0.05, 0) is 30.7 Å². The number of nitrogen functional groups attached to an aromatic ring is 1. The number of nitrogens with two attached hydrogens (primary N) is 1. The molecule has 0 aliphatic carbocycles. The molecule has 0 radical (unpaired) electrons. The van der Waals surface area contributed by atoms with Crippen molar-refractivity contribution in [3.8, 4) is 0 Å². The van der Waals surface area contributed by atoms with Crippen LogP contribution in [-0.4, -0.2) is 21.6 Å². The van der Waals surface area contributed by atoms with Crippen molar-refractivity contribution in [1.29, 1.82) is 0 Å². The molecule has 1 aromatic carbocycles. The lowest BCUT2D eigenvalue weighted by atomic mass is 10.1. The van der Waals surface area contributed by atoms with Gasteiger partial charge in [0.1, 0.15) is 6.33 Å². The van der Waals surface area contributed by atoms with Gasteiger partial charge in [0.15, 0.2) is 0 Å². The zero-order valence-corrected chi connectivity index (χ0v) is 11.3. The quantitative estimate of drug-likeness (QED) is 0.507. The second-order valence-corrected chi connectivity index (χ2v) is 4.90. The summed E-state index contributed by atoms with van der Waals surface area (Å²) < 4.78 is 0. The van der Waals surface area contributed by atoms with E-state index in [4.69, 9.17) is 5.73 Å². The highest BCUT2D eigenvalue weighted by molar-refractivity contribution is 7.99. The van der Waals surface area contributed by atoms with Crippen molar-refractivity contribution in [2.75, 3.05) is 16.8 Å². The van der Waals surface area contributed by atoms with E-state index in [-0.39, 0.29) is 5.91 Å². The van der Waals surface area contributed by atoms with Crippen molar-refractivity contribution in [3.05, 3.63) is 42.4 Å². The fourth-order valence-electron chi connectivity index (χ4n) is 1.48. The van der Waals surface area contributed by atoms with Gasteiger partial charge in [-0.2, -0.15) is 0 Å². The van der Waals surface area contributed by atoms with Crippen molar-refractivity contribution in [2.45, 2.75) is 11.9 Å². The molecular formula is C13H14N4OS. The molecule has 0 atom stereocenters. The molecule has 3 N–H and O–H groups in total. The van der Waals surface area contributed by atoms with Crippen LogP contribution in [-0.2, 0) is 4.79 Å². The van der Waals surface area contributed by atoms with Crippen LogP contribution in [0, 0.1) is 6.92 Å². The van der Waals surface area contributed by atoms with E-state index >= 15 is 0 Å². The van der Waals surface area contributed by atoms with Crippen LogP contribution in [0.1, 0.15) is 5.56 Å². The van der Waals surface area contributed by atoms with Gasteiger partial charge in [0.05, 0.1) is 10.8 Å². The largest absolute Gasteiger partial charge is 0.398 e. The van der Waals surface area contributed by atoms with Gasteiger partial charge in [-0.3, -0.25) is 4.79 Å². The summed E-state index contributed by atoms with van der Waals surface area (Å²) in [5, 5.41) is 3.61. The van der Waals surface area contributed by atoms with E-state index in [9.17, 15) is 4.79 Å². The van der Waals surface area contributed by atoms with Gasteiger partial charge in [-0.25, -0.2) is 9.97 Å². The van der Waals surface area contributed by atoms with E-state index in [0.29, 0.717) is 11.4 Å². The second-order valence-electron chi connectivity index (χ2n) is 3.90. The Morgan fingerprint density at radius 3 is 3.00 bits per heavy atom. The van der Waals surface area contributed by atoms with E-state index in [1.807, 2.05) is 19.1 Å². The molecule has 0 saturated carbocycles. The van der Waals surface area contributed by atoms with Crippen LogP contribution >= 0.6 is 11.8 Å². The lowest BCUT2D eigenvalue weighted by Crippen LogP contribution is -2.15. The predicted molar refractivity (Wildman–Crippen MR) is 77.0 cm³/mol. The number of rotatable bonds is 4. The van der Waals surface area contributed by atoms with E-state index in [1.165, 1.54) is 18.1 Å². The topological polar surface area (TPSA) is 80.9 Å². The number of anilines is 2. The summed E-state index contributed by atoms with van der Waals surface area (Å²) in [5.41, 5.74) is 8.08. The number of thioether (sulfide) groups is 1. The fraction of sp³-hybridized carbons (Fsp3) is 0.154. The number of nitrogens with one attached hydrogen (secondary N) is 1. The molecule has 0 aliphatic heterocycles. The number of aromatic nitrogens is 2. The van der Waals surface area contributed by atoms with E-state index in [2.05, 4.69) is 15.3 Å². The minimum Gasteiger partial charge on any atom is -0.398 e. The molecule has 0 saturated heterocycles. The molecule has 0 spiro atoms. The highest BCUT2D eigenvalue weighted by Gasteiger charge is 2.07. The maximum Gasteiger partial charge on any atom is 0.234 e. The predicted octanol–water partition coefficient (Wildman–Crippen LogP) is 2.10. The number of carbonyl (C=O) groups excluding carboxylic acids is 1. The zero-order chi connectivity index (χ0) is 13.7. The average molecular weight is 274 g/mol. The molecule has 0 unspecified atom stereocenters. The van der Waals surface area contributed by atoms with Crippen LogP contribution in [0.15, 0.2) is 41.8 Å². The van der Waals surface area contributed by atoms with Crippen LogP contribution in [0.2, 0.25) is 0 Å². The summed E-state index contributed by atoms with van der Waals surface area (Å²) in [7, 11) is 0. The number of amides is 1. The molecule has 2 aromatic rings. The second kappa shape index (κ2) is 6.19. The van der Waals surface area contributed by atoms with Crippen LogP contribution in [0.3, 0.4) is 0 Å². The highest BCUT2D eigenvalue weighted by atomic mass is 32.2. The number of hydrogen-bond acceptors (Lipinski definition) is 5. The Balaban J connectivity index is 1.93. The fourth-order valence-corrected chi connectivity index (χ4v) is 2.11. The van der Waals surface area contributed by atoms with Crippen molar-refractivity contribution in [3.63, 3.8) is 0 Å². The third-order valence-corrected chi connectivity index (χ3v) is 3.50. The van der Waals surface area contributed by atoms with E-state index in [1.54, 1.807) is 18.3 Å². The van der Waals surface area contributed by atoms with Gasteiger partial charge in [-0.15, -0.1) is 0 Å². The van der Waals surface area contributed by atoms with Gasteiger partial charge in [0.2, 0.25) is 5.91 Å². The maximum atomic E-state index is 11.8. The number of hydrogen-bond donors (Lipinski definition) is 2. The Bertz CT molecular complexity index is 574. The normalized spacial score (nSPS) is 10.2. The molecule has 2 rings (SSSR count). The van der Waals surface area contributed by atoms with E-state index in [0.717, 1.165) is 16.3 Å². The molecule has 1 amide bonds. The highest BCUT2D eigenvalue weighted by Crippen LogP contribution is 2.21. The first-order valence-corrected chi connectivity index (χ1v) is 6.69. The number of carbonyl (C=O) groups is 1. The smallest absolute Gasteiger partial charge is 0.234 e. The monoisotopic (exact) mass is 274 g/mol. The first-order chi connectivity index (χ1) is 9.16. The van der Waals surface area contributed by atoms with E-state index < -0.39 is 0 Å². The van der Waals surface area contributed by atoms with Gasteiger partial charge >= 0.3 is 0 Å². The number of nitrogens with zero attached hydrogens (tertiary/aromatic N) is 2. The van der Waals surface area contributed by atoms with Gasteiger partial charge < -0.3 is 11.1 Å². The molecule has 5 nitrogen and oxygen atoms in total. The standard InChI is InChI=1S/C13H14N4OS/c1-9-10(14)3-2-4-11(9)17-12(18)7-19-13-5-6-15-8-16-13/h2-6,8H,7,14H2,1H3,(H,17,18). The van der Waals surface area contributed by atoms with Crippen molar-refractivity contribution < 1.29 is 4.79 Å². The van der Waals surface area contributed by atoms with Crippen LogP contribution < -0.4 is 11.1 Å². The summed E-state index contributed by atoms with van der Waals surface area (Å²) in [6, 6.07) is 7.22. The summed E-state index contributed by atoms with van der Waals surface area (Å²) in [6.45, 7) is 1.88. The molecule has 98 valence electrons. The third-order valence-electron chi connectivity index (χ3n) is 2.56. The summed E-state index contributed by atoms with van der Waals surface area (Å²) in [6.07, 6.45) is 3.11. The molecule has 6 heteroatoms. The molecular weight excluding hydrogens is 260 g/mol. The lowest BCUT2D eigenvalue weighted by molar-refractivity contribution is -0.113. The Hall–Kier alpha value is -2.08. The SMILES string of the molecule is Cc1c(N)cccc1NC(=O)CSc1ccncn1. The molecule has 19 heavy (non-hydrogen) atoms. The first kappa shape index (κ1) is 13.4. The van der Waals surface area contributed by atoms with Gasteiger partial charge in [-0.1, -0.05) is 17.8 Å². The van der Waals surface area contributed by atoms with Gasteiger partial charge in [0, 0.05) is 17.6 Å². The molecule has 0 aliphatic rings. The first-order valence-electron chi connectivity index (χ1n) is 5.70. The number of benzene rings is 1. The Morgan fingerprint density at radius 2 is 2.26 bits per heavy atom.